The van der Waals surface area contributed by atoms with Crippen molar-refractivity contribution in [2.24, 2.45) is 5.92 Å². The average Bonchev–Trinajstić information content (AvgIpc) is 2.68. The third kappa shape index (κ3) is 4.06. The molecule has 1 saturated heterocycles. The Morgan fingerprint density at radius 1 is 1.53 bits per heavy atom. The van der Waals surface area contributed by atoms with E-state index in [0.717, 1.165) is 13.0 Å². The van der Waals surface area contributed by atoms with E-state index in [1.54, 1.807) is 14.0 Å². The lowest BCUT2D eigenvalue weighted by Gasteiger charge is -2.15. The molecule has 0 aromatic heterocycles. The molecule has 1 fully saturated rings. The molecule has 5 nitrogen and oxygen atoms in total. The van der Waals surface area contributed by atoms with Gasteiger partial charge in [-0.15, -0.1) is 0 Å². The Bertz CT molecular complexity index is 273. The van der Waals surface area contributed by atoms with Crippen LogP contribution in [-0.4, -0.2) is 47.0 Å². The van der Waals surface area contributed by atoms with E-state index in [1.165, 1.54) is 0 Å². The van der Waals surface area contributed by atoms with E-state index in [-0.39, 0.29) is 0 Å². The fraction of sp³-hybridized carbons (Fsp3) is 1.00. The van der Waals surface area contributed by atoms with E-state index in [9.17, 15) is 8.42 Å². The number of hydrogen-bond acceptors (Lipinski definition) is 4. The Labute approximate surface area is 91.6 Å². The maximum Gasteiger partial charge on any atom is 0.215 e. The Kier molecular flexibility index (Phi) is 4.98. The van der Waals surface area contributed by atoms with Gasteiger partial charge in [-0.3, -0.25) is 0 Å². The van der Waals surface area contributed by atoms with E-state index < -0.39 is 15.3 Å². The maximum absolute atomic E-state index is 11.7. The zero-order chi connectivity index (χ0) is 11.3. The van der Waals surface area contributed by atoms with Gasteiger partial charge in [0.25, 0.3) is 0 Å². The van der Waals surface area contributed by atoms with E-state index in [4.69, 9.17) is 4.74 Å². The summed E-state index contributed by atoms with van der Waals surface area (Å²) in [6.07, 6.45) is 0.947. The molecule has 1 aliphatic heterocycles. The first-order valence-electron chi connectivity index (χ1n) is 5.27. The van der Waals surface area contributed by atoms with Crippen molar-refractivity contribution in [2.75, 3.05) is 33.4 Å². The summed E-state index contributed by atoms with van der Waals surface area (Å²) >= 11 is 0. The van der Waals surface area contributed by atoms with Crippen molar-refractivity contribution in [1.29, 1.82) is 0 Å². The van der Waals surface area contributed by atoms with Crippen LogP contribution in [-0.2, 0) is 14.8 Å². The average molecular weight is 236 g/mol. The van der Waals surface area contributed by atoms with Crippen molar-refractivity contribution in [1.82, 2.24) is 10.0 Å². The van der Waals surface area contributed by atoms with Crippen LogP contribution in [0.3, 0.4) is 0 Å². The number of sulfonamides is 1. The lowest BCUT2D eigenvalue weighted by atomic mass is 10.1. The van der Waals surface area contributed by atoms with Gasteiger partial charge < -0.3 is 10.1 Å². The van der Waals surface area contributed by atoms with Crippen LogP contribution in [0.2, 0.25) is 0 Å². The molecular weight excluding hydrogens is 216 g/mol. The van der Waals surface area contributed by atoms with Crippen LogP contribution in [0.15, 0.2) is 0 Å². The summed E-state index contributed by atoms with van der Waals surface area (Å²) in [5.74, 6) is 0.335. The van der Waals surface area contributed by atoms with Gasteiger partial charge in [0.2, 0.25) is 10.0 Å². The predicted molar refractivity (Wildman–Crippen MR) is 59.2 cm³/mol. The molecular formula is C9H20N2O3S. The van der Waals surface area contributed by atoms with E-state index in [0.29, 0.717) is 25.6 Å². The molecule has 0 bridgehead atoms. The molecule has 0 aliphatic carbocycles. The van der Waals surface area contributed by atoms with Gasteiger partial charge in [0, 0.05) is 19.7 Å². The van der Waals surface area contributed by atoms with E-state index >= 15 is 0 Å². The lowest BCUT2D eigenvalue weighted by molar-refractivity contribution is 0.186. The normalized spacial score (nSPS) is 24.3. The highest BCUT2D eigenvalue weighted by Crippen LogP contribution is 2.11. The summed E-state index contributed by atoms with van der Waals surface area (Å²) in [4.78, 5) is 0. The Morgan fingerprint density at radius 3 is 2.80 bits per heavy atom. The van der Waals surface area contributed by atoms with Crippen LogP contribution in [0.25, 0.3) is 0 Å². The highest BCUT2D eigenvalue weighted by atomic mass is 32.2. The molecule has 0 saturated carbocycles. The maximum atomic E-state index is 11.7. The molecule has 0 spiro atoms. The first kappa shape index (κ1) is 12.9. The fourth-order valence-corrected chi connectivity index (χ4v) is 2.66. The first-order valence-corrected chi connectivity index (χ1v) is 6.81. The van der Waals surface area contributed by atoms with Gasteiger partial charge in [0.15, 0.2) is 0 Å². The van der Waals surface area contributed by atoms with Gasteiger partial charge in [-0.05, 0) is 26.3 Å². The van der Waals surface area contributed by atoms with Crippen LogP contribution in [0.1, 0.15) is 13.3 Å². The molecule has 1 aliphatic rings. The van der Waals surface area contributed by atoms with Crippen LogP contribution in [0, 0.1) is 5.92 Å². The topological polar surface area (TPSA) is 67.4 Å². The standard InChI is InChI=1S/C9H20N2O3S/c1-8(5-10-2)15(12,13)11-6-9-3-4-14-7-9/h8-11H,3-7H2,1-2H3. The van der Waals surface area contributed by atoms with Crippen LogP contribution in [0.5, 0.6) is 0 Å². The highest BCUT2D eigenvalue weighted by Gasteiger charge is 2.22. The second kappa shape index (κ2) is 5.79. The van der Waals surface area contributed by atoms with Crippen molar-refractivity contribution in [2.45, 2.75) is 18.6 Å². The molecule has 0 amide bonds. The minimum absolute atomic E-state index is 0.335. The third-order valence-corrected chi connectivity index (χ3v) is 4.41. The summed E-state index contributed by atoms with van der Waals surface area (Å²) < 4.78 is 31.2. The van der Waals surface area contributed by atoms with Gasteiger partial charge in [-0.2, -0.15) is 0 Å². The minimum Gasteiger partial charge on any atom is -0.381 e. The molecule has 1 rings (SSSR count). The Balaban J connectivity index is 2.34. The molecule has 90 valence electrons. The van der Waals surface area contributed by atoms with Crippen molar-refractivity contribution in [3.05, 3.63) is 0 Å². The molecule has 0 aromatic rings. The third-order valence-electron chi connectivity index (χ3n) is 2.62. The molecule has 0 radical (unpaired) electrons. The molecule has 15 heavy (non-hydrogen) atoms. The van der Waals surface area contributed by atoms with Gasteiger partial charge in [-0.25, -0.2) is 13.1 Å². The van der Waals surface area contributed by atoms with Crippen LogP contribution < -0.4 is 10.0 Å². The van der Waals surface area contributed by atoms with Gasteiger partial charge >= 0.3 is 0 Å². The van der Waals surface area contributed by atoms with E-state index in [2.05, 4.69) is 10.0 Å². The monoisotopic (exact) mass is 236 g/mol. The molecule has 2 unspecified atom stereocenters. The van der Waals surface area contributed by atoms with Gasteiger partial charge in [0.1, 0.15) is 0 Å². The number of nitrogens with one attached hydrogen (secondary N) is 2. The fourth-order valence-electron chi connectivity index (χ4n) is 1.52. The summed E-state index contributed by atoms with van der Waals surface area (Å²) in [6.45, 7) is 4.08. The summed E-state index contributed by atoms with van der Waals surface area (Å²) in [6, 6.07) is 0. The number of hydrogen-bond donors (Lipinski definition) is 2. The van der Waals surface area contributed by atoms with Crippen molar-refractivity contribution in [3.63, 3.8) is 0 Å². The quantitative estimate of drug-likeness (QED) is 0.655. The molecule has 2 atom stereocenters. The highest BCUT2D eigenvalue weighted by molar-refractivity contribution is 7.90. The minimum atomic E-state index is -3.18. The van der Waals surface area contributed by atoms with Crippen molar-refractivity contribution >= 4 is 10.0 Å². The molecule has 6 heteroatoms. The predicted octanol–water partition coefficient (Wildman–Crippen LogP) is -0.450. The van der Waals surface area contributed by atoms with Crippen molar-refractivity contribution in [3.8, 4) is 0 Å². The molecule has 1 heterocycles. The number of rotatable bonds is 6. The summed E-state index contributed by atoms with van der Waals surface area (Å²) in [5.41, 5.74) is 0. The largest absolute Gasteiger partial charge is 0.381 e. The Morgan fingerprint density at radius 2 is 2.27 bits per heavy atom. The zero-order valence-electron chi connectivity index (χ0n) is 9.32. The van der Waals surface area contributed by atoms with Crippen LogP contribution >= 0.6 is 0 Å². The summed E-state index contributed by atoms with van der Waals surface area (Å²) in [5, 5.41) is 2.46. The zero-order valence-corrected chi connectivity index (χ0v) is 10.1. The molecule has 0 aromatic carbocycles. The van der Waals surface area contributed by atoms with Gasteiger partial charge in [0.05, 0.1) is 11.9 Å². The smallest absolute Gasteiger partial charge is 0.215 e. The molecule has 2 N–H and O–H groups in total. The van der Waals surface area contributed by atoms with Gasteiger partial charge in [-0.1, -0.05) is 0 Å². The Hall–Kier alpha value is -0.170. The van der Waals surface area contributed by atoms with Crippen LogP contribution in [0.4, 0.5) is 0 Å². The second-order valence-corrected chi connectivity index (χ2v) is 6.17. The van der Waals surface area contributed by atoms with Crippen molar-refractivity contribution < 1.29 is 13.2 Å². The second-order valence-electron chi connectivity index (χ2n) is 3.99. The summed E-state index contributed by atoms with van der Waals surface area (Å²) in [7, 11) is -1.43. The van der Waals surface area contributed by atoms with E-state index in [1.807, 2.05) is 0 Å². The number of ether oxygens (including phenoxy) is 1. The lowest BCUT2D eigenvalue weighted by Crippen LogP contribution is -2.40. The first-order chi connectivity index (χ1) is 7.06. The SMILES string of the molecule is CNCC(C)S(=O)(=O)NCC1CCOC1.